The lowest BCUT2D eigenvalue weighted by Crippen LogP contribution is -2.66. The van der Waals surface area contributed by atoms with E-state index in [0.29, 0.717) is 17.1 Å². The number of rotatable bonds is 6. The first-order valence-corrected chi connectivity index (χ1v) is 14.7. The van der Waals surface area contributed by atoms with E-state index in [4.69, 9.17) is 42.6 Å². The van der Waals surface area contributed by atoms with Gasteiger partial charge in [0, 0.05) is 11.8 Å². The Bertz CT molecular complexity index is 1410. The maximum Gasteiger partial charge on any atom is 0.310 e. The number of carbonyl (C=O) groups excluding carboxylic acids is 1. The van der Waals surface area contributed by atoms with Gasteiger partial charge in [-0.25, -0.2) is 0 Å². The molecule has 14 heteroatoms. The van der Waals surface area contributed by atoms with Crippen LogP contribution >= 0.6 is 12.4 Å². The molecule has 3 saturated heterocycles. The average Bonchev–Trinajstić information content (AvgIpc) is 3.63. The number of aliphatic hydroxyl groups excluding tert-OH is 1. The van der Waals surface area contributed by atoms with Crippen molar-refractivity contribution in [3.8, 4) is 28.7 Å². The summed E-state index contributed by atoms with van der Waals surface area (Å²) < 4.78 is 53.0. The van der Waals surface area contributed by atoms with Crippen LogP contribution in [-0.2, 0) is 28.5 Å². The molecule has 0 bridgehead atoms. The number of cyclic esters (lactones) is 1. The van der Waals surface area contributed by atoms with E-state index in [-0.39, 0.29) is 55.6 Å². The van der Waals surface area contributed by atoms with Crippen molar-refractivity contribution in [2.45, 2.75) is 55.9 Å². The number of nitrogens with zero attached hydrogens (tertiary/aromatic N) is 1. The van der Waals surface area contributed by atoms with E-state index in [2.05, 4.69) is 0 Å². The second-order valence-corrected chi connectivity index (χ2v) is 12.0. The van der Waals surface area contributed by atoms with Gasteiger partial charge in [0.05, 0.1) is 45.5 Å². The highest BCUT2D eigenvalue weighted by atomic mass is 35.5. The molecule has 0 amide bonds. The lowest BCUT2D eigenvalue weighted by Gasteiger charge is -2.50. The number of ether oxygens (including phenoxy) is 9. The van der Waals surface area contributed by atoms with Crippen molar-refractivity contribution in [3.05, 3.63) is 41.0 Å². The first-order chi connectivity index (χ1) is 21.2. The fourth-order valence-electron chi connectivity index (χ4n) is 7.28. The smallest absolute Gasteiger partial charge is 0.310 e. The van der Waals surface area contributed by atoms with Crippen molar-refractivity contribution < 1.29 is 57.6 Å². The summed E-state index contributed by atoms with van der Waals surface area (Å²) in [7, 11) is 6.59. The van der Waals surface area contributed by atoms with Crippen LogP contribution in [0, 0.1) is 11.8 Å². The molecule has 2 N–H and O–H groups in total. The number of aliphatic hydroxyl groups is 1. The molecular weight excluding hydrogens is 614 g/mol. The molecule has 1 aliphatic carbocycles. The van der Waals surface area contributed by atoms with Gasteiger partial charge in [-0.05, 0) is 62.0 Å². The number of halogens is 1. The minimum Gasteiger partial charge on any atom is -0.502 e. The van der Waals surface area contributed by atoms with E-state index in [9.17, 15) is 15.0 Å². The molecule has 45 heavy (non-hydrogen) atoms. The van der Waals surface area contributed by atoms with Gasteiger partial charge in [0.15, 0.2) is 35.6 Å². The molecule has 4 heterocycles. The number of methoxy groups -OCH3 is 2. The largest absolute Gasteiger partial charge is 0.502 e. The third-order valence-electron chi connectivity index (χ3n) is 9.34. The van der Waals surface area contributed by atoms with E-state index in [1.807, 2.05) is 31.1 Å². The normalized spacial score (nSPS) is 34.7. The molecule has 0 aromatic heterocycles. The van der Waals surface area contributed by atoms with Crippen LogP contribution in [-0.4, -0.2) is 106 Å². The van der Waals surface area contributed by atoms with E-state index >= 15 is 0 Å². The zero-order valence-corrected chi connectivity index (χ0v) is 26.4. The lowest BCUT2D eigenvalue weighted by atomic mass is 9.66. The number of aromatic hydroxyl groups is 1. The van der Waals surface area contributed by atoms with Crippen LogP contribution < -0.4 is 18.9 Å². The molecule has 0 saturated carbocycles. The van der Waals surface area contributed by atoms with Gasteiger partial charge in [0.25, 0.3) is 0 Å². The summed E-state index contributed by atoms with van der Waals surface area (Å²) in [6.07, 6.45) is -4.11. The number of phenolic OH excluding ortho intramolecular Hbond substituents is 1. The number of phenols is 1. The standard InChI is InChI=1S/C31H37NO12.ClH/c1-13-38-11-22-29(42-13)27(34)25(32(2)3)31(43-22)44-28-16-9-19-18(40-12-41-19)8-15(16)23(24-17(28)10-39-30(24)35)14-6-20(36-4)26(33)21(7-14)37-5;/h6-9,13,17,22-25,27-29,31,33-34H,10-12H2,1-5H3;1H/t13-,17?,22?,23-,24?,25-,27-,28?,29?,31?;/m1./s1. The van der Waals surface area contributed by atoms with Gasteiger partial charge in [-0.3, -0.25) is 9.69 Å². The number of hydrogen-bond donors (Lipinski definition) is 2. The Labute approximate surface area is 266 Å². The number of fused-ring (bicyclic) bond motifs is 4. The van der Waals surface area contributed by atoms with Crippen LogP contribution in [0.1, 0.15) is 35.6 Å². The number of likely N-dealkylation sites (N-methyl/N-ethyl adjacent to an activating group) is 1. The number of esters is 1. The summed E-state index contributed by atoms with van der Waals surface area (Å²) >= 11 is 0. The lowest BCUT2D eigenvalue weighted by molar-refractivity contribution is -0.354. The van der Waals surface area contributed by atoms with Crippen LogP contribution in [0.15, 0.2) is 24.3 Å². The monoisotopic (exact) mass is 651 g/mol. The van der Waals surface area contributed by atoms with Gasteiger partial charge < -0.3 is 52.8 Å². The molecule has 10 atom stereocenters. The Morgan fingerprint density at radius 3 is 2.24 bits per heavy atom. The highest BCUT2D eigenvalue weighted by Gasteiger charge is 2.56. The summed E-state index contributed by atoms with van der Waals surface area (Å²) in [5, 5.41) is 22.1. The van der Waals surface area contributed by atoms with E-state index in [1.165, 1.54) is 14.2 Å². The van der Waals surface area contributed by atoms with Crippen LogP contribution in [0.2, 0.25) is 0 Å². The van der Waals surface area contributed by atoms with Gasteiger partial charge in [-0.1, -0.05) is 0 Å². The molecular formula is C31H38ClNO12. The van der Waals surface area contributed by atoms with E-state index in [0.717, 1.165) is 11.1 Å². The Balaban J connectivity index is 0.00000357. The van der Waals surface area contributed by atoms with Gasteiger partial charge in [0.2, 0.25) is 12.5 Å². The van der Waals surface area contributed by atoms with E-state index in [1.54, 1.807) is 19.1 Å². The molecule has 5 aliphatic rings. The number of hydrogen-bond acceptors (Lipinski definition) is 13. The zero-order chi connectivity index (χ0) is 30.9. The Morgan fingerprint density at radius 2 is 1.60 bits per heavy atom. The predicted octanol–water partition coefficient (Wildman–Crippen LogP) is 2.33. The molecule has 13 nitrogen and oxygen atoms in total. The summed E-state index contributed by atoms with van der Waals surface area (Å²) in [6, 6.07) is 6.57. The van der Waals surface area contributed by atoms with Crippen LogP contribution in [0.3, 0.4) is 0 Å². The second kappa shape index (κ2) is 12.3. The van der Waals surface area contributed by atoms with Crippen LogP contribution in [0.5, 0.6) is 28.7 Å². The molecule has 6 unspecified atom stereocenters. The zero-order valence-electron chi connectivity index (χ0n) is 25.5. The van der Waals surface area contributed by atoms with Gasteiger partial charge in [-0.15, -0.1) is 12.4 Å². The van der Waals surface area contributed by atoms with Crippen molar-refractivity contribution >= 4 is 18.4 Å². The van der Waals surface area contributed by atoms with Gasteiger partial charge in [-0.2, -0.15) is 0 Å². The minimum absolute atomic E-state index is 0. The molecule has 0 radical (unpaired) electrons. The van der Waals surface area contributed by atoms with Crippen molar-refractivity contribution in [1.29, 1.82) is 0 Å². The maximum atomic E-state index is 13.5. The minimum atomic E-state index is -0.929. The molecule has 2 aromatic rings. The maximum absolute atomic E-state index is 13.5. The molecule has 2 aromatic carbocycles. The Kier molecular flexibility index (Phi) is 8.72. The quantitative estimate of drug-likeness (QED) is 0.442. The summed E-state index contributed by atoms with van der Waals surface area (Å²) in [6.45, 7) is 2.20. The SMILES string of the molecule is COc1cc([C@@H]2c3cc4c(cc3C(OC3OC5CO[C@@H](C)OC5[C@H](O)[C@H]3N(C)C)C3COC(=O)C32)OCO4)cc(OC)c1O.Cl. The fraction of sp³-hybridized carbons (Fsp3) is 0.581. The predicted molar refractivity (Wildman–Crippen MR) is 157 cm³/mol. The molecule has 4 aliphatic heterocycles. The summed E-state index contributed by atoms with van der Waals surface area (Å²) in [5.41, 5.74) is 2.23. The number of benzene rings is 2. The Morgan fingerprint density at radius 1 is 0.933 bits per heavy atom. The topological polar surface area (TPSA) is 144 Å². The van der Waals surface area contributed by atoms with Crippen molar-refractivity contribution in [3.63, 3.8) is 0 Å². The van der Waals surface area contributed by atoms with Gasteiger partial charge >= 0.3 is 5.97 Å². The highest BCUT2D eigenvalue weighted by Crippen LogP contribution is 2.57. The first kappa shape index (κ1) is 31.9. The first-order valence-electron chi connectivity index (χ1n) is 14.7. The van der Waals surface area contributed by atoms with E-state index < -0.39 is 60.8 Å². The average molecular weight is 652 g/mol. The van der Waals surface area contributed by atoms with Crippen molar-refractivity contribution in [2.24, 2.45) is 11.8 Å². The van der Waals surface area contributed by atoms with Crippen LogP contribution in [0.25, 0.3) is 0 Å². The third kappa shape index (κ3) is 5.24. The van der Waals surface area contributed by atoms with Crippen LogP contribution in [0.4, 0.5) is 0 Å². The number of carbonyl (C=O) groups is 1. The van der Waals surface area contributed by atoms with Crippen molar-refractivity contribution in [2.75, 3.05) is 48.3 Å². The summed E-state index contributed by atoms with van der Waals surface area (Å²) in [5.74, 6) is -0.602. The molecule has 7 rings (SSSR count). The van der Waals surface area contributed by atoms with Crippen molar-refractivity contribution in [1.82, 2.24) is 4.90 Å². The molecule has 3 fully saturated rings. The fourth-order valence-corrected chi connectivity index (χ4v) is 7.28. The highest BCUT2D eigenvalue weighted by molar-refractivity contribution is 5.85. The Hall–Kier alpha value is -3.04. The second-order valence-electron chi connectivity index (χ2n) is 12.0. The molecule has 0 spiro atoms. The summed E-state index contributed by atoms with van der Waals surface area (Å²) in [4.78, 5) is 15.4. The third-order valence-corrected chi connectivity index (χ3v) is 9.34. The molecule has 246 valence electrons. The van der Waals surface area contributed by atoms with Gasteiger partial charge in [0.1, 0.15) is 18.3 Å².